The fourth-order valence-electron chi connectivity index (χ4n) is 3.67. The van der Waals surface area contributed by atoms with Gasteiger partial charge < -0.3 is 14.2 Å². The summed E-state index contributed by atoms with van der Waals surface area (Å²) in [6.07, 6.45) is 0. The highest BCUT2D eigenvalue weighted by Gasteiger charge is 2.35. The van der Waals surface area contributed by atoms with Gasteiger partial charge in [-0.25, -0.2) is 9.99 Å². The van der Waals surface area contributed by atoms with Crippen molar-refractivity contribution in [2.75, 3.05) is 32.5 Å². The Bertz CT molecular complexity index is 1370. The Balaban J connectivity index is 1.74. The predicted octanol–water partition coefficient (Wildman–Crippen LogP) is 2.95. The summed E-state index contributed by atoms with van der Waals surface area (Å²) in [6.45, 7) is 0. The second-order valence-electron chi connectivity index (χ2n) is 7.52. The molecule has 1 aromatic heterocycles. The number of hydrogen-bond acceptors (Lipinski definition) is 9. The summed E-state index contributed by atoms with van der Waals surface area (Å²) in [7, 11) is 6.14. The van der Waals surface area contributed by atoms with Crippen LogP contribution in [0.1, 0.15) is 16.5 Å². The maximum absolute atomic E-state index is 13.0. The number of nitriles is 1. The van der Waals surface area contributed by atoms with Crippen molar-refractivity contribution in [1.29, 1.82) is 5.26 Å². The standard InChI is InChI=1S/C24H23N5O5S/c1-28-22(31)17(12-25)21(14-5-8-16(32-2)9-6-14)26-24(28)27-29-20(30)13-35-23(29)15-7-10-18(33-3)19(11-15)34-4/h5-11,23H,13H2,1-4H3,(H,26,27). The van der Waals surface area contributed by atoms with Crippen LogP contribution in [0.15, 0.2) is 47.3 Å². The molecule has 1 atom stereocenters. The first kappa shape index (κ1) is 24.0. The van der Waals surface area contributed by atoms with Gasteiger partial charge in [0.15, 0.2) is 11.5 Å². The first-order valence-corrected chi connectivity index (χ1v) is 11.5. The van der Waals surface area contributed by atoms with Crippen LogP contribution in [0.2, 0.25) is 0 Å². The molecule has 35 heavy (non-hydrogen) atoms. The molecule has 1 fully saturated rings. The van der Waals surface area contributed by atoms with Crippen LogP contribution >= 0.6 is 11.8 Å². The van der Waals surface area contributed by atoms with Gasteiger partial charge in [0.05, 0.1) is 32.8 Å². The smallest absolute Gasteiger partial charge is 0.273 e. The van der Waals surface area contributed by atoms with Gasteiger partial charge in [-0.3, -0.25) is 19.6 Å². The zero-order valence-electron chi connectivity index (χ0n) is 19.6. The van der Waals surface area contributed by atoms with Gasteiger partial charge in [0, 0.05) is 12.6 Å². The van der Waals surface area contributed by atoms with Gasteiger partial charge >= 0.3 is 0 Å². The number of nitrogens with zero attached hydrogens (tertiary/aromatic N) is 4. The predicted molar refractivity (Wildman–Crippen MR) is 131 cm³/mol. The molecule has 11 heteroatoms. The fraction of sp³-hybridized carbons (Fsp3) is 0.250. The molecule has 0 bridgehead atoms. The van der Waals surface area contributed by atoms with Crippen LogP contribution in [-0.4, -0.2) is 47.5 Å². The Morgan fingerprint density at radius 3 is 2.40 bits per heavy atom. The highest BCUT2D eigenvalue weighted by molar-refractivity contribution is 8.00. The van der Waals surface area contributed by atoms with E-state index < -0.39 is 10.9 Å². The molecule has 1 aliphatic rings. The molecule has 2 heterocycles. The third-order valence-electron chi connectivity index (χ3n) is 5.55. The lowest BCUT2D eigenvalue weighted by Gasteiger charge is -2.26. The Kier molecular flexibility index (Phi) is 6.84. The molecule has 0 radical (unpaired) electrons. The van der Waals surface area contributed by atoms with E-state index in [-0.39, 0.29) is 28.9 Å². The van der Waals surface area contributed by atoms with Crippen LogP contribution in [-0.2, 0) is 11.8 Å². The average molecular weight is 494 g/mol. The van der Waals surface area contributed by atoms with E-state index in [1.807, 2.05) is 12.1 Å². The van der Waals surface area contributed by atoms with Crippen LogP contribution < -0.4 is 25.2 Å². The van der Waals surface area contributed by atoms with Gasteiger partial charge in [-0.1, -0.05) is 6.07 Å². The summed E-state index contributed by atoms with van der Waals surface area (Å²) in [5.74, 6) is 1.93. The van der Waals surface area contributed by atoms with E-state index in [9.17, 15) is 14.9 Å². The molecule has 1 amide bonds. The number of ether oxygens (including phenoxy) is 3. The summed E-state index contributed by atoms with van der Waals surface area (Å²) in [4.78, 5) is 30.3. The minimum Gasteiger partial charge on any atom is -0.497 e. The number of aromatic nitrogens is 2. The number of methoxy groups -OCH3 is 3. The summed E-state index contributed by atoms with van der Waals surface area (Å²) in [5, 5.41) is 10.7. The Hall–Kier alpha value is -4.17. The monoisotopic (exact) mass is 493 g/mol. The number of nitrogens with one attached hydrogen (secondary N) is 1. The molecule has 180 valence electrons. The largest absolute Gasteiger partial charge is 0.497 e. The quantitative estimate of drug-likeness (QED) is 0.530. The van der Waals surface area contributed by atoms with Crippen LogP contribution in [0, 0.1) is 11.3 Å². The van der Waals surface area contributed by atoms with E-state index in [0.717, 1.165) is 5.56 Å². The fourth-order valence-corrected chi connectivity index (χ4v) is 4.76. The SMILES string of the molecule is COc1ccc(-c2nc(NN3C(=O)CSC3c3ccc(OC)c(OC)c3)n(C)c(=O)c2C#N)cc1. The van der Waals surface area contributed by atoms with E-state index in [1.165, 1.54) is 28.4 Å². The van der Waals surface area contributed by atoms with Crippen molar-refractivity contribution in [2.45, 2.75) is 5.37 Å². The zero-order valence-corrected chi connectivity index (χ0v) is 20.4. The van der Waals surface area contributed by atoms with E-state index in [2.05, 4.69) is 10.4 Å². The Morgan fingerprint density at radius 2 is 1.77 bits per heavy atom. The van der Waals surface area contributed by atoms with E-state index in [1.54, 1.807) is 57.7 Å². The molecule has 1 aliphatic heterocycles. The van der Waals surface area contributed by atoms with Crippen LogP contribution in [0.25, 0.3) is 11.3 Å². The van der Waals surface area contributed by atoms with Gasteiger partial charge in [0.1, 0.15) is 22.8 Å². The van der Waals surface area contributed by atoms with E-state index in [4.69, 9.17) is 14.2 Å². The first-order chi connectivity index (χ1) is 16.9. The van der Waals surface area contributed by atoms with Crippen molar-refractivity contribution in [3.05, 3.63) is 63.9 Å². The van der Waals surface area contributed by atoms with Crippen molar-refractivity contribution >= 4 is 23.6 Å². The number of carbonyl (C=O) groups excluding carboxylic acids is 1. The summed E-state index contributed by atoms with van der Waals surface area (Å²) < 4.78 is 17.1. The third-order valence-corrected chi connectivity index (χ3v) is 6.76. The molecule has 3 aromatic rings. The minimum atomic E-state index is -0.530. The third kappa shape index (κ3) is 4.48. The van der Waals surface area contributed by atoms with E-state index >= 15 is 0 Å². The molecule has 0 aliphatic carbocycles. The second-order valence-corrected chi connectivity index (χ2v) is 8.59. The molecular formula is C24H23N5O5S. The van der Waals surface area contributed by atoms with Crippen molar-refractivity contribution in [3.63, 3.8) is 0 Å². The number of hydrazine groups is 1. The molecule has 0 saturated carbocycles. The molecule has 10 nitrogen and oxygen atoms in total. The second kappa shape index (κ2) is 9.99. The number of carbonyl (C=O) groups is 1. The lowest BCUT2D eigenvalue weighted by atomic mass is 10.1. The Morgan fingerprint density at radius 1 is 1.06 bits per heavy atom. The number of thioether (sulfide) groups is 1. The molecular weight excluding hydrogens is 470 g/mol. The normalized spacial score (nSPS) is 15.0. The summed E-state index contributed by atoms with van der Waals surface area (Å²) >= 11 is 1.42. The van der Waals surface area contributed by atoms with E-state index in [0.29, 0.717) is 22.8 Å². The van der Waals surface area contributed by atoms with Crippen LogP contribution in [0.4, 0.5) is 5.95 Å². The topological polar surface area (TPSA) is 119 Å². The van der Waals surface area contributed by atoms with Gasteiger partial charge in [0.25, 0.3) is 11.5 Å². The van der Waals surface area contributed by atoms with Crippen LogP contribution in [0.3, 0.4) is 0 Å². The molecule has 1 N–H and O–H groups in total. The molecule has 1 unspecified atom stereocenters. The lowest BCUT2D eigenvalue weighted by Crippen LogP contribution is -2.37. The minimum absolute atomic E-state index is 0.0956. The first-order valence-electron chi connectivity index (χ1n) is 10.5. The van der Waals surface area contributed by atoms with Gasteiger partial charge in [-0.2, -0.15) is 5.26 Å². The van der Waals surface area contributed by atoms with Gasteiger partial charge in [0.2, 0.25) is 5.95 Å². The van der Waals surface area contributed by atoms with Gasteiger partial charge in [-0.15, -0.1) is 11.8 Å². The summed E-state index contributed by atoms with van der Waals surface area (Å²) in [5.41, 5.74) is 3.97. The zero-order chi connectivity index (χ0) is 25.1. The maximum atomic E-state index is 13.0. The summed E-state index contributed by atoms with van der Waals surface area (Å²) in [6, 6.07) is 14.2. The van der Waals surface area contributed by atoms with Crippen LogP contribution in [0.5, 0.6) is 17.2 Å². The molecule has 4 rings (SSSR count). The number of amides is 1. The van der Waals surface area contributed by atoms with Crippen molar-refractivity contribution in [2.24, 2.45) is 7.05 Å². The van der Waals surface area contributed by atoms with Crippen molar-refractivity contribution < 1.29 is 19.0 Å². The van der Waals surface area contributed by atoms with Gasteiger partial charge in [-0.05, 0) is 42.0 Å². The number of anilines is 1. The number of benzene rings is 2. The maximum Gasteiger partial charge on any atom is 0.273 e. The Labute approximate surface area is 206 Å². The van der Waals surface area contributed by atoms with Crippen molar-refractivity contribution in [1.82, 2.24) is 14.6 Å². The molecule has 2 aromatic carbocycles. The highest BCUT2D eigenvalue weighted by atomic mass is 32.2. The highest BCUT2D eigenvalue weighted by Crippen LogP contribution is 2.41. The molecule has 1 saturated heterocycles. The lowest BCUT2D eigenvalue weighted by molar-refractivity contribution is -0.126. The average Bonchev–Trinajstić information content (AvgIpc) is 3.26. The van der Waals surface area contributed by atoms with Crippen molar-refractivity contribution in [3.8, 4) is 34.6 Å². The number of hydrogen-bond donors (Lipinski definition) is 1. The number of rotatable bonds is 7. The molecule has 0 spiro atoms.